The third-order valence-electron chi connectivity index (χ3n) is 4.36. The maximum Gasteiger partial charge on any atom is 0.416 e. The largest absolute Gasteiger partial charge is 0.416 e. The van der Waals surface area contributed by atoms with E-state index in [9.17, 15) is 26.7 Å². The van der Waals surface area contributed by atoms with Gasteiger partial charge in [0.05, 0.1) is 29.9 Å². The van der Waals surface area contributed by atoms with Crippen molar-refractivity contribution >= 4 is 5.91 Å². The Morgan fingerprint density at radius 2 is 1.92 bits per heavy atom. The number of rotatable bonds is 4. The van der Waals surface area contributed by atoms with Crippen LogP contribution >= 0.6 is 0 Å². The topological polar surface area (TPSA) is 59.8 Å². The lowest BCUT2D eigenvalue weighted by atomic mass is 9.96. The van der Waals surface area contributed by atoms with Crippen LogP contribution in [0.25, 0.3) is 0 Å². The summed E-state index contributed by atoms with van der Waals surface area (Å²) in [5, 5.41) is 9.81. The van der Waals surface area contributed by atoms with E-state index in [1.807, 2.05) is 0 Å². The molecule has 2 atom stereocenters. The zero-order valence-corrected chi connectivity index (χ0v) is 13.4. The van der Waals surface area contributed by atoms with Crippen LogP contribution in [-0.4, -0.2) is 27.3 Å². The summed E-state index contributed by atoms with van der Waals surface area (Å²) >= 11 is 0. The molecule has 10 heteroatoms. The van der Waals surface area contributed by atoms with Gasteiger partial charge in [0.2, 0.25) is 5.91 Å². The van der Waals surface area contributed by atoms with E-state index < -0.39 is 36.0 Å². The normalized spacial score (nSPS) is 18.5. The minimum absolute atomic E-state index is 0.0846. The minimum atomic E-state index is -4.56. The lowest BCUT2D eigenvalue weighted by Gasteiger charge is -2.25. The van der Waals surface area contributed by atoms with Gasteiger partial charge in [-0.1, -0.05) is 17.3 Å². The van der Waals surface area contributed by atoms with Crippen molar-refractivity contribution in [2.24, 2.45) is 5.92 Å². The number of aryl methyl sites for hydroxylation is 1. The number of carbonyl (C=O) groups is 1. The first kappa shape index (κ1) is 18.3. The predicted molar refractivity (Wildman–Crippen MR) is 80.2 cm³/mol. The first-order valence-electron chi connectivity index (χ1n) is 7.88. The summed E-state index contributed by atoms with van der Waals surface area (Å²) in [4.78, 5) is 12.4. The highest BCUT2D eigenvalue weighted by Gasteiger charge is 2.33. The molecule has 140 valence electrons. The Bertz CT molecular complexity index is 772. The van der Waals surface area contributed by atoms with Crippen LogP contribution in [0.1, 0.15) is 29.3 Å². The Balaban J connectivity index is 1.72. The molecule has 5 nitrogen and oxygen atoms in total. The SMILES string of the molecule is O=C(N[C@H](c1ccc(C(F)(F)F)cc1)C(F)F)C1CCc2cnnn2C1. The Labute approximate surface area is 145 Å². The van der Waals surface area contributed by atoms with Crippen molar-refractivity contribution in [3.05, 3.63) is 47.3 Å². The monoisotopic (exact) mass is 374 g/mol. The number of aromatic nitrogens is 3. The van der Waals surface area contributed by atoms with E-state index in [1.165, 1.54) is 0 Å². The average molecular weight is 374 g/mol. The van der Waals surface area contributed by atoms with Crippen LogP contribution in [0.15, 0.2) is 30.5 Å². The summed E-state index contributed by atoms with van der Waals surface area (Å²) in [7, 11) is 0. The van der Waals surface area contributed by atoms with Gasteiger partial charge in [-0.05, 0) is 30.5 Å². The molecule has 1 amide bonds. The van der Waals surface area contributed by atoms with Crippen LogP contribution < -0.4 is 5.32 Å². The van der Waals surface area contributed by atoms with Crippen molar-refractivity contribution in [3.63, 3.8) is 0 Å². The number of carbonyl (C=O) groups excluding carboxylic acids is 1. The highest BCUT2D eigenvalue weighted by Crippen LogP contribution is 2.31. The van der Waals surface area contributed by atoms with Gasteiger partial charge in [0, 0.05) is 0 Å². The van der Waals surface area contributed by atoms with Crippen molar-refractivity contribution in [1.29, 1.82) is 0 Å². The first-order chi connectivity index (χ1) is 12.3. The molecule has 26 heavy (non-hydrogen) atoms. The zero-order chi connectivity index (χ0) is 18.9. The Morgan fingerprint density at radius 3 is 2.54 bits per heavy atom. The van der Waals surface area contributed by atoms with Crippen molar-refractivity contribution in [2.75, 3.05) is 0 Å². The van der Waals surface area contributed by atoms with E-state index in [0.29, 0.717) is 12.8 Å². The van der Waals surface area contributed by atoms with Crippen LogP contribution in [-0.2, 0) is 23.9 Å². The van der Waals surface area contributed by atoms with E-state index in [1.54, 1.807) is 10.9 Å². The summed E-state index contributed by atoms with van der Waals surface area (Å²) < 4.78 is 66.1. The van der Waals surface area contributed by atoms with Crippen molar-refractivity contribution in [1.82, 2.24) is 20.3 Å². The molecule has 0 fully saturated rings. The molecule has 0 bridgehead atoms. The standard InChI is InChI=1S/C16H15F5N4O/c17-14(18)13(9-1-4-11(5-2-9)16(19,20)21)23-15(26)10-3-6-12-7-22-24-25(12)8-10/h1-2,4-5,7,10,13-14H,3,6,8H2,(H,23,26)/t10?,13-/m1/s1. The lowest BCUT2D eigenvalue weighted by Crippen LogP contribution is -2.40. The molecule has 1 aromatic heterocycles. The first-order valence-corrected chi connectivity index (χ1v) is 7.88. The van der Waals surface area contributed by atoms with Gasteiger partial charge in [-0.15, -0.1) is 5.10 Å². The molecular formula is C16H15F5N4O. The second kappa shape index (κ2) is 7.00. The van der Waals surface area contributed by atoms with Crippen molar-refractivity contribution < 1.29 is 26.7 Å². The van der Waals surface area contributed by atoms with Crippen molar-refractivity contribution in [2.45, 2.75) is 38.0 Å². The molecule has 2 heterocycles. The number of halogens is 5. The molecule has 3 rings (SSSR count). The highest BCUT2D eigenvalue weighted by molar-refractivity contribution is 5.79. The second-order valence-electron chi connectivity index (χ2n) is 6.08. The highest BCUT2D eigenvalue weighted by atomic mass is 19.4. The van der Waals surface area contributed by atoms with Crippen LogP contribution in [0.3, 0.4) is 0 Å². The van der Waals surface area contributed by atoms with Gasteiger partial charge in [0.1, 0.15) is 6.04 Å². The summed E-state index contributed by atoms with van der Waals surface area (Å²) in [6.45, 7) is 0.226. The lowest BCUT2D eigenvalue weighted by molar-refractivity contribution is -0.137. The number of amides is 1. The maximum absolute atomic E-state index is 13.4. The smallest absolute Gasteiger partial charge is 0.343 e. The fourth-order valence-electron chi connectivity index (χ4n) is 2.90. The average Bonchev–Trinajstić information content (AvgIpc) is 3.06. The molecule has 0 radical (unpaired) electrons. The van der Waals surface area contributed by atoms with Gasteiger partial charge in [-0.3, -0.25) is 4.79 Å². The minimum Gasteiger partial charge on any atom is -0.343 e. The van der Waals surface area contributed by atoms with Gasteiger partial charge >= 0.3 is 6.18 Å². The van der Waals surface area contributed by atoms with Crippen LogP contribution in [0, 0.1) is 5.92 Å². The maximum atomic E-state index is 13.4. The van der Waals surface area contributed by atoms with E-state index in [0.717, 1.165) is 30.0 Å². The van der Waals surface area contributed by atoms with Gasteiger partial charge < -0.3 is 5.32 Å². The number of benzene rings is 1. The molecule has 1 aliphatic rings. The third kappa shape index (κ3) is 3.83. The number of alkyl halides is 5. The number of nitrogens with one attached hydrogen (secondary N) is 1. The summed E-state index contributed by atoms with van der Waals surface area (Å²) in [5.41, 5.74) is -0.160. The number of fused-ring (bicyclic) bond motifs is 1. The van der Waals surface area contributed by atoms with E-state index in [4.69, 9.17) is 0 Å². The number of hydrogen-bond acceptors (Lipinski definition) is 3. The Kier molecular flexibility index (Phi) is 4.92. The summed E-state index contributed by atoms with van der Waals surface area (Å²) in [6, 6.07) is 1.67. The van der Waals surface area contributed by atoms with Gasteiger partial charge in [-0.25, -0.2) is 13.5 Å². The molecule has 0 spiro atoms. The summed E-state index contributed by atoms with van der Waals surface area (Å²) in [5.74, 6) is -1.14. The van der Waals surface area contributed by atoms with E-state index in [-0.39, 0.29) is 12.1 Å². The van der Waals surface area contributed by atoms with Gasteiger partial charge in [0.15, 0.2) is 0 Å². The Hall–Kier alpha value is -2.52. The zero-order valence-electron chi connectivity index (χ0n) is 13.4. The molecular weight excluding hydrogens is 359 g/mol. The van der Waals surface area contributed by atoms with Gasteiger partial charge in [-0.2, -0.15) is 13.2 Å². The molecule has 1 unspecified atom stereocenters. The van der Waals surface area contributed by atoms with Gasteiger partial charge in [0.25, 0.3) is 6.43 Å². The number of hydrogen-bond donors (Lipinski definition) is 1. The van der Waals surface area contributed by atoms with E-state index in [2.05, 4.69) is 15.6 Å². The fraction of sp³-hybridized carbons (Fsp3) is 0.438. The quantitative estimate of drug-likeness (QED) is 0.837. The molecule has 0 saturated heterocycles. The molecule has 0 saturated carbocycles. The number of nitrogens with zero attached hydrogens (tertiary/aromatic N) is 3. The molecule has 2 aromatic rings. The second-order valence-corrected chi connectivity index (χ2v) is 6.08. The molecule has 1 aliphatic heterocycles. The van der Waals surface area contributed by atoms with E-state index >= 15 is 0 Å². The third-order valence-corrected chi connectivity index (χ3v) is 4.36. The molecule has 1 N–H and O–H groups in total. The summed E-state index contributed by atoms with van der Waals surface area (Å²) in [6.07, 6.45) is -4.92. The fourth-order valence-corrected chi connectivity index (χ4v) is 2.90. The van der Waals surface area contributed by atoms with Crippen LogP contribution in [0.4, 0.5) is 22.0 Å². The molecule has 0 aliphatic carbocycles. The van der Waals surface area contributed by atoms with Crippen molar-refractivity contribution in [3.8, 4) is 0 Å². The van der Waals surface area contributed by atoms with Crippen LogP contribution in [0.2, 0.25) is 0 Å². The Morgan fingerprint density at radius 1 is 1.23 bits per heavy atom. The predicted octanol–water partition coefficient (Wildman–Crippen LogP) is 2.98. The van der Waals surface area contributed by atoms with Crippen LogP contribution in [0.5, 0.6) is 0 Å². The molecule has 1 aromatic carbocycles.